The SMILES string of the molecule is Cc1cccc(C(=O)NC(=S)Nc2ccc(OCCc3ccccc3)cc2)c1. The summed E-state index contributed by atoms with van der Waals surface area (Å²) in [6.45, 7) is 2.55. The van der Waals surface area contributed by atoms with Gasteiger partial charge in [-0.3, -0.25) is 10.1 Å². The third-order valence-electron chi connectivity index (χ3n) is 4.12. The van der Waals surface area contributed by atoms with E-state index in [1.54, 1.807) is 6.07 Å². The Morgan fingerprint density at radius 2 is 1.71 bits per heavy atom. The van der Waals surface area contributed by atoms with Gasteiger partial charge in [0.25, 0.3) is 5.91 Å². The standard InChI is InChI=1S/C23H22N2O2S/c1-17-6-5-9-19(16-17)22(26)25-23(28)24-20-10-12-21(13-11-20)27-15-14-18-7-3-2-4-8-18/h2-13,16H,14-15H2,1H3,(H2,24,25,26,28). The Bertz CT molecular complexity index is 940. The molecule has 0 fully saturated rings. The van der Waals surface area contributed by atoms with Gasteiger partial charge in [-0.2, -0.15) is 0 Å². The van der Waals surface area contributed by atoms with Crippen molar-refractivity contribution in [2.45, 2.75) is 13.3 Å². The van der Waals surface area contributed by atoms with Crippen molar-refractivity contribution in [3.05, 3.63) is 95.6 Å². The first-order chi connectivity index (χ1) is 13.6. The number of amides is 1. The Kier molecular flexibility index (Phi) is 6.76. The largest absolute Gasteiger partial charge is 0.493 e. The van der Waals surface area contributed by atoms with Gasteiger partial charge in [0.15, 0.2) is 5.11 Å². The summed E-state index contributed by atoms with van der Waals surface area (Å²) in [5, 5.41) is 5.95. The van der Waals surface area contributed by atoms with Crippen molar-refractivity contribution in [2.75, 3.05) is 11.9 Å². The highest BCUT2D eigenvalue weighted by atomic mass is 32.1. The van der Waals surface area contributed by atoms with E-state index in [1.165, 1.54) is 5.56 Å². The normalized spacial score (nSPS) is 10.2. The first kappa shape index (κ1) is 19.6. The van der Waals surface area contributed by atoms with Gasteiger partial charge in [-0.15, -0.1) is 0 Å². The molecule has 3 aromatic carbocycles. The van der Waals surface area contributed by atoms with Gasteiger partial charge in [0.2, 0.25) is 0 Å². The van der Waals surface area contributed by atoms with Crippen LogP contribution in [0, 0.1) is 6.92 Å². The number of hydrogen-bond donors (Lipinski definition) is 2. The van der Waals surface area contributed by atoms with Crippen molar-refractivity contribution in [1.29, 1.82) is 0 Å². The highest BCUT2D eigenvalue weighted by Crippen LogP contribution is 2.16. The lowest BCUT2D eigenvalue weighted by Crippen LogP contribution is -2.34. The second-order valence-electron chi connectivity index (χ2n) is 6.39. The number of benzene rings is 3. The predicted molar refractivity (Wildman–Crippen MR) is 117 cm³/mol. The van der Waals surface area contributed by atoms with E-state index < -0.39 is 0 Å². The zero-order chi connectivity index (χ0) is 19.8. The lowest BCUT2D eigenvalue weighted by Gasteiger charge is -2.11. The molecule has 0 spiro atoms. The molecular weight excluding hydrogens is 368 g/mol. The molecule has 4 nitrogen and oxygen atoms in total. The third-order valence-corrected chi connectivity index (χ3v) is 4.33. The van der Waals surface area contributed by atoms with Crippen LogP contribution >= 0.6 is 12.2 Å². The minimum Gasteiger partial charge on any atom is -0.493 e. The first-order valence-electron chi connectivity index (χ1n) is 9.06. The lowest BCUT2D eigenvalue weighted by molar-refractivity contribution is 0.0977. The fraction of sp³-hybridized carbons (Fsp3) is 0.130. The van der Waals surface area contributed by atoms with E-state index in [1.807, 2.05) is 67.6 Å². The van der Waals surface area contributed by atoms with Crippen molar-refractivity contribution in [3.63, 3.8) is 0 Å². The molecule has 0 radical (unpaired) electrons. The summed E-state index contributed by atoms with van der Waals surface area (Å²) < 4.78 is 5.77. The summed E-state index contributed by atoms with van der Waals surface area (Å²) in [5.74, 6) is 0.554. The van der Waals surface area contributed by atoms with Crippen LogP contribution in [0.1, 0.15) is 21.5 Å². The zero-order valence-electron chi connectivity index (χ0n) is 15.6. The Morgan fingerprint density at radius 1 is 0.964 bits per heavy atom. The summed E-state index contributed by atoms with van der Waals surface area (Å²) in [7, 11) is 0. The van der Waals surface area contributed by atoms with E-state index in [-0.39, 0.29) is 11.0 Å². The molecule has 2 N–H and O–H groups in total. The maximum atomic E-state index is 12.2. The molecule has 0 saturated carbocycles. The van der Waals surface area contributed by atoms with Crippen LogP contribution < -0.4 is 15.4 Å². The van der Waals surface area contributed by atoms with Crippen LogP contribution in [0.2, 0.25) is 0 Å². The third kappa shape index (κ3) is 5.93. The number of carbonyl (C=O) groups excluding carboxylic acids is 1. The average molecular weight is 391 g/mol. The van der Waals surface area contributed by atoms with Crippen molar-refractivity contribution in [1.82, 2.24) is 5.32 Å². The lowest BCUT2D eigenvalue weighted by atomic mass is 10.1. The number of carbonyl (C=O) groups is 1. The molecule has 0 atom stereocenters. The van der Waals surface area contributed by atoms with Gasteiger partial charge in [-0.25, -0.2) is 0 Å². The van der Waals surface area contributed by atoms with Crippen molar-refractivity contribution in [3.8, 4) is 5.75 Å². The van der Waals surface area contributed by atoms with E-state index in [0.717, 1.165) is 23.4 Å². The molecular formula is C23H22N2O2S. The topological polar surface area (TPSA) is 50.4 Å². The fourth-order valence-electron chi connectivity index (χ4n) is 2.69. The molecule has 0 saturated heterocycles. The van der Waals surface area contributed by atoms with Crippen LogP contribution in [0.5, 0.6) is 5.75 Å². The monoisotopic (exact) mass is 390 g/mol. The summed E-state index contributed by atoms with van der Waals surface area (Å²) in [5.41, 5.74) is 3.63. The van der Waals surface area contributed by atoms with Crippen LogP contribution in [-0.2, 0) is 6.42 Å². The number of anilines is 1. The highest BCUT2D eigenvalue weighted by molar-refractivity contribution is 7.80. The molecule has 1 amide bonds. The number of thiocarbonyl (C=S) groups is 1. The first-order valence-corrected chi connectivity index (χ1v) is 9.47. The molecule has 142 valence electrons. The maximum absolute atomic E-state index is 12.2. The maximum Gasteiger partial charge on any atom is 0.257 e. The van der Waals surface area contributed by atoms with Crippen LogP contribution in [0.15, 0.2) is 78.9 Å². The second kappa shape index (κ2) is 9.67. The number of aryl methyl sites for hydroxylation is 1. The molecule has 0 aliphatic heterocycles. The summed E-state index contributed by atoms with van der Waals surface area (Å²) in [6.07, 6.45) is 0.857. The Morgan fingerprint density at radius 3 is 2.43 bits per heavy atom. The van der Waals surface area contributed by atoms with Gasteiger partial charge in [0, 0.05) is 17.7 Å². The number of rotatable bonds is 6. The summed E-state index contributed by atoms with van der Waals surface area (Å²) in [6, 6.07) is 25.1. The van der Waals surface area contributed by atoms with Crippen molar-refractivity contribution >= 4 is 28.9 Å². The molecule has 3 aromatic rings. The minimum atomic E-state index is -0.234. The molecule has 3 rings (SSSR count). The Labute approximate surface area is 170 Å². The zero-order valence-corrected chi connectivity index (χ0v) is 16.5. The molecule has 0 heterocycles. The van der Waals surface area contributed by atoms with E-state index in [2.05, 4.69) is 22.8 Å². The predicted octanol–water partition coefficient (Wildman–Crippen LogP) is 4.74. The molecule has 5 heteroatoms. The van der Waals surface area contributed by atoms with Crippen LogP contribution in [0.25, 0.3) is 0 Å². The van der Waals surface area contributed by atoms with E-state index in [0.29, 0.717) is 12.2 Å². The van der Waals surface area contributed by atoms with Gasteiger partial charge in [0.05, 0.1) is 6.61 Å². The van der Waals surface area contributed by atoms with Crippen LogP contribution in [-0.4, -0.2) is 17.6 Å². The van der Waals surface area contributed by atoms with Crippen LogP contribution in [0.4, 0.5) is 5.69 Å². The molecule has 0 aromatic heterocycles. The van der Waals surface area contributed by atoms with Crippen LogP contribution in [0.3, 0.4) is 0 Å². The molecule has 0 aliphatic rings. The number of hydrogen-bond acceptors (Lipinski definition) is 3. The number of ether oxygens (including phenoxy) is 1. The van der Waals surface area contributed by atoms with Gasteiger partial charge >= 0.3 is 0 Å². The Balaban J connectivity index is 1.47. The molecule has 0 unspecified atom stereocenters. The Hall–Kier alpha value is -3.18. The van der Waals surface area contributed by atoms with Gasteiger partial charge < -0.3 is 10.1 Å². The summed E-state index contributed by atoms with van der Waals surface area (Å²) >= 11 is 5.23. The van der Waals surface area contributed by atoms with Crippen molar-refractivity contribution < 1.29 is 9.53 Å². The summed E-state index contributed by atoms with van der Waals surface area (Å²) in [4.78, 5) is 12.2. The van der Waals surface area contributed by atoms with E-state index >= 15 is 0 Å². The molecule has 0 bridgehead atoms. The molecule has 0 aliphatic carbocycles. The molecule has 28 heavy (non-hydrogen) atoms. The van der Waals surface area contributed by atoms with Crippen molar-refractivity contribution in [2.24, 2.45) is 0 Å². The number of nitrogens with one attached hydrogen (secondary N) is 2. The minimum absolute atomic E-state index is 0.234. The highest BCUT2D eigenvalue weighted by Gasteiger charge is 2.08. The van der Waals surface area contributed by atoms with E-state index in [9.17, 15) is 4.79 Å². The quantitative estimate of drug-likeness (QED) is 0.597. The van der Waals surface area contributed by atoms with E-state index in [4.69, 9.17) is 17.0 Å². The van der Waals surface area contributed by atoms with Gasteiger partial charge in [0.1, 0.15) is 5.75 Å². The van der Waals surface area contributed by atoms with Gasteiger partial charge in [-0.05, 0) is 61.1 Å². The second-order valence-corrected chi connectivity index (χ2v) is 6.79. The van der Waals surface area contributed by atoms with Gasteiger partial charge in [-0.1, -0.05) is 48.0 Å². The average Bonchev–Trinajstić information content (AvgIpc) is 2.70. The fourth-order valence-corrected chi connectivity index (χ4v) is 2.90. The smallest absolute Gasteiger partial charge is 0.257 e.